The number of nitrogens with one attached hydrogen (secondary N) is 1. The lowest BCUT2D eigenvalue weighted by molar-refractivity contribution is 0.229. The Morgan fingerprint density at radius 2 is 1.53 bits per heavy atom. The molecular weight excluding hydrogens is 407 g/mol. The molecule has 0 aliphatic heterocycles. The summed E-state index contributed by atoms with van der Waals surface area (Å²) >= 11 is 0. The number of hydrogen-bond donors (Lipinski definition) is 1. The Morgan fingerprint density at radius 3 is 2.07 bits per heavy atom. The van der Waals surface area contributed by atoms with Crippen LogP contribution in [-0.4, -0.2) is 29.9 Å². The van der Waals surface area contributed by atoms with Gasteiger partial charge in [-0.05, 0) is 43.7 Å². The van der Waals surface area contributed by atoms with Crippen LogP contribution in [0.4, 0.5) is 0 Å². The normalized spacial score (nSPS) is 11.4. The van der Waals surface area contributed by atoms with Crippen molar-refractivity contribution in [3.8, 4) is 22.7 Å². The van der Waals surface area contributed by atoms with Gasteiger partial charge >= 0.3 is 13.3 Å². The number of aromatic amines is 1. The maximum Gasteiger partial charge on any atom is 0.369 e. The fourth-order valence-corrected chi connectivity index (χ4v) is 4.87. The van der Waals surface area contributed by atoms with Gasteiger partial charge in [-0.3, -0.25) is 9.36 Å². The Labute approximate surface area is 173 Å². The molecule has 1 heterocycles. The molecule has 0 amide bonds. The number of benzene rings is 2. The van der Waals surface area contributed by atoms with Crippen molar-refractivity contribution in [1.82, 2.24) is 9.55 Å². The number of aromatic nitrogens is 2. The molecule has 0 aliphatic rings. The molecule has 9 heteroatoms. The minimum Gasteiger partial charge on any atom is -0.497 e. The largest absolute Gasteiger partial charge is 0.497 e. The van der Waals surface area contributed by atoms with E-state index in [2.05, 4.69) is 4.98 Å². The molecule has 0 spiro atoms. The molecular formula is C21H23N2O6P. The summed E-state index contributed by atoms with van der Waals surface area (Å²) in [5, 5.41) is -0.215. The van der Waals surface area contributed by atoms with Crippen molar-refractivity contribution in [2.45, 2.75) is 13.8 Å². The topological polar surface area (TPSA) is 99.6 Å². The van der Waals surface area contributed by atoms with E-state index in [1.54, 1.807) is 68.4 Å². The van der Waals surface area contributed by atoms with Crippen LogP contribution in [0.1, 0.15) is 13.8 Å². The number of methoxy groups -OCH3 is 1. The quantitative estimate of drug-likeness (QED) is 0.552. The highest BCUT2D eigenvalue weighted by Crippen LogP contribution is 2.47. The van der Waals surface area contributed by atoms with E-state index >= 15 is 0 Å². The lowest BCUT2D eigenvalue weighted by Gasteiger charge is -2.20. The van der Waals surface area contributed by atoms with Gasteiger partial charge in [0.1, 0.15) is 5.75 Å². The molecule has 8 nitrogen and oxygen atoms in total. The second-order valence-corrected chi connectivity index (χ2v) is 8.15. The molecule has 0 saturated carbocycles. The number of ether oxygens (including phenoxy) is 1. The molecule has 30 heavy (non-hydrogen) atoms. The first-order valence-electron chi connectivity index (χ1n) is 9.44. The molecule has 0 saturated heterocycles. The van der Waals surface area contributed by atoms with E-state index in [9.17, 15) is 14.2 Å². The van der Waals surface area contributed by atoms with Crippen molar-refractivity contribution < 1.29 is 18.3 Å². The summed E-state index contributed by atoms with van der Waals surface area (Å²) in [6.07, 6.45) is 0. The van der Waals surface area contributed by atoms with Crippen LogP contribution in [0.25, 0.3) is 16.9 Å². The molecule has 2 aromatic carbocycles. The minimum atomic E-state index is -4.02. The zero-order valence-corrected chi connectivity index (χ0v) is 17.8. The van der Waals surface area contributed by atoms with Gasteiger partial charge in [-0.15, -0.1) is 0 Å². The summed E-state index contributed by atoms with van der Waals surface area (Å²) in [6.45, 7) is 3.43. The van der Waals surface area contributed by atoms with Gasteiger partial charge in [0.25, 0.3) is 5.56 Å². The number of hydrogen-bond acceptors (Lipinski definition) is 6. The third-order valence-corrected chi connectivity index (χ3v) is 6.50. The summed E-state index contributed by atoms with van der Waals surface area (Å²) in [6, 6.07) is 15.1. The molecule has 0 bridgehead atoms. The van der Waals surface area contributed by atoms with Crippen LogP contribution in [0.5, 0.6) is 5.75 Å². The van der Waals surface area contributed by atoms with Crippen LogP contribution >= 0.6 is 7.60 Å². The van der Waals surface area contributed by atoms with E-state index in [1.165, 1.54) is 7.11 Å². The Bertz CT molecular complexity index is 1160. The molecule has 1 N–H and O–H groups in total. The van der Waals surface area contributed by atoms with Crippen LogP contribution < -0.4 is 21.3 Å². The Kier molecular flexibility index (Phi) is 6.72. The Hall–Kier alpha value is -2.93. The second kappa shape index (κ2) is 9.26. The van der Waals surface area contributed by atoms with Gasteiger partial charge in [-0.25, -0.2) is 9.36 Å². The SMILES string of the molecule is CCOP(=O)(OCC)c1c(-c2ccccc2)[nH]c(=O)n(-c2ccc(OC)cc2)c1=O. The summed E-state index contributed by atoms with van der Waals surface area (Å²) in [5.41, 5.74) is -0.522. The molecule has 0 aliphatic carbocycles. The zero-order chi connectivity index (χ0) is 21.7. The van der Waals surface area contributed by atoms with Crippen LogP contribution in [0.3, 0.4) is 0 Å². The van der Waals surface area contributed by atoms with Gasteiger partial charge in [0.05, 0.1) is 31.7 Å². The summed E-state index contributed by atoms with van der Waals surface area (Å²) in [4.78, 5) is 29.1. The average molecular weight is 430 g/mol. The molecule has 0 fully saturated rings. The van der Waals surface area contributed by atoms with E-state index < -0.39 is 18.8 Å². The van der Waals surface area contributed by atoms with E-state index in [1.807, 2.05) is 0 Å². The predicted octanol–water partition coefficient (Wildman–Crippen LogP) is 3.09. The highest BCUT2D eigenvalue weighted by atomic mass is 31.2. The van der Waals surface area contributed by atoms with E-state index in [0.717, 1.165) is 4.57 Å². The van der Waals surface area contributed by atoms with E-state index in [-0.39, 0.29) is 24.2 Å². The van der Waals surface area contributed by atoms with Crippen molar-refractivity contribution in [3.05, 3.63) is 75.4 Å². The lowest BCUT2D eigenvalue weighted by Crippen LogP contribution is -2.44. The van der Waals surface area contributed by atoms with Gasteiger partial charge in [0, 0.05) is 0 Å². The fraction of sp³-hybridized carbons (Fsp3) is 0.238. The standard InChI is InChI=1S/C21H23N2O6P/c1-4-28-30(26,29-5-2)19-18(15-9-7-6-8-10-15)22-21(25)23(20(19)24)16-11-13-17(27-3)14-12-16/h6-14H,4-5H2,1-3H3,(H,22,25). The first-order valence-corrected chi connectivity index (χ1v) is 11.0. The third kappa shape index (κ3) is 4.16. The third-order valence-electron chi connectivity index (χ3n) is 4.34. The Balaban J connectivity index is 2.37. The highest BCUT2D eigenvalue weighted by molar-refractivity contribution is 7.62. The molecule has 0 unspecified atom stereocenters. The molecule has 0 atom stereocenters. The molecule has 1 aromatic heterocycles. The van der Waals surface area contributed by atoms with Crippen molar-refractivity contribution in [1.29, 1.82) is 0 Å². The summed E-state index contributed by atoms with van der Waals surface area (Å²) in [7, 11) is -2.51. The molecule has 0 radical (unpaired) electrons. The molecule has 3 aromatic rings. The number of H-pyrrole nitrogens is 1. The minimum absolute atomic E-state index is 0.0621. The van der Waals surface area contributed by atoms with Gasteiger partial charge in [-0.2, -0.15) is 0 Å². The number of nitrogens with zero attached hydrogens (tertiary/aromatic N) is 1. The van der Waals surface area contributed by atoms with Gasteiger partial charge in [0.15, 0.2) is 5.30 Å². The summed E-state index contributed by atoms with van der Waals surface area (Å²) in [5.74, 6) is 0.568. The fourth-order valence-electron chi connectivity index (χ4n) is 3.07. The first-order chi connectivity index (χ1) is 14.4. The maximum atomic E-state index is 13.6. The van der Waals surface area contributed by atoms with Gasteiger partial charge in [-0.1, -0.05) is 30.3 Å². The second-order valence-electron chi connectivity index (χ2n) is 6.19. The van der Waals surface area contributed by atoms with Crippen molar-refractivity contribution in [2.75, 3.05) is 20.3 Å². The first kappa shape index (κ1) is 21.8. The van der Waals surface area contributed by atoms with Gasteiger partial charge in [0.2, 0.25) is 0 Å². The van der Waals surface area contributed by atoms with Crippen molar-refractivity contribution in [2.24, 2.45) is 0 Å². The molecule has 3 rings (SSSR count). The van der Waals surface area contributed by atoms with E-state index in [0.29, 0.717) is 17.0 Å². The monoisotopic (exact) mass is 430 g/mol. The summed E-state index contributed by atoms with van der Waals surface area (Å²) < 4.78 is 30.5. The van der Waals surface area contributed by atoms with Crippen LogP contribution in [-0.2, 0) is 13.6 Å². The number of rotatable bonds is 8. The van der Waals surface area contributed by atoms with Gasteiger partial charge < -0.3 is 18.8 Å². The predicted molar refractivity (Wildman–Crippen MR) is 115 cm³/mol. The zero-order valence-electron chi connectivity index (χ0n) is 17.0. The lowest BCUT2D eigenvalue weighted by atomic mass is 10.1. The highest BCUT2D eigenvalue weighted by Gasteiger charge is 2.36. The van der Waals surface area contributed by atoms with Crippen molar-refractivity contribution >= 4 is 12.9 Å². The van der Waals surface area contributed by atoms with Crippen LogP contribution in [0.2, 0.25) is 0 Å². The van der Waals surface area contributed by atoms with E-state index in [4.69, 9.17) is 13.8 Å². The molecule has 158 valence electrons. The average Bonchev–Trinajstić information content (AvgIpc) is 2.74. The van der Waals surface area contributed by atoms with Crippen molar-refractivity contribution in [3.63, 3.8) is 0 Å². The smallest absolute Gasteiger partial charge is 0.369 e. The maximum absolute atomic E-state index is 13.6. The van der Waals surface area contributed by atoms with Crippen LogP contribution in [0, 0.1) is 0 Å². The Morgan fingerprint density at radius 1 is 0.933 bits per heavy atom. The van der Waals surface area contributed by atoms with Crippen LogP contribution in [0.15, 0.2) is 64.2 Å².